The highest BCUT2D eigenvalue weighted by molar-refractivity contribution is 7.12. The molecule has 0 unspecified atom stereocenters. The van der Waals surface area contributed by atoms with E-state index in [1.807, 2.05) is 6.07 Å². The number of hydrogen-bond acceptors (Lipinski definition) is 6. The predicted molar refractivity (Wildman–Crippen MR) is 75.5 cm³/mol. The van der Waals surface area contributed by atoms with E-state index < -0.39 is 11.9 Å². The van der Waals surface area contributed by atoms with Crippen molar-refractivity contribution in [3.05, 3.63) is 22.4 Å². The number of nitrogens with one attached hydrogen (secondary N) is 2. The number of thiophene rings is 1. The molecule has 0 aliphatic rings. The minimum absolute atomic E-state index is 0.0113. The molecule has 0 spiro atoms. The van der Waals surface area contributed by atoms with Gasteiger partial charge in [-0.3, -0.25) is 14.4 Å². The molecule has 2 N–H and O–H groups in total. The van der Waals surface area contributed by atoms with E-state index in [1.165, 1.54) is 11.3 Å². The average Bonchev–Trinajstić information content (AvgIpc) is 2.99. The first-order valence-corrected chi connectivity index (χ1v) is 7.12. The molecule has 1 aromatic rings. The van der Waals surface area contributed by atoms with Crippen LogP contribution in [0.5, 0.6) is 0 Å². The number of esters is 1. The van der Waals surface area contributed by atoms with E-state index in [9.17, 15) is 14.4 Å². The molecule has 0 bridgehead atoms. The summed E-state index contributed by atoms with van der Waals surface area (Å²) in [5.41, 5.74) is 0. The number of carbonyl (C=O) groups is 3. The molecule has 0 atom stereocenters. The average molecular weight is 309 g/mol. The van der Waals surface area contributed by atoms with Crippen LogP contribution in [0.4, 0.5) is 0 Å². The lowest BCUT2D eigenvalue weighted by molar-refractivity contribution is -0.148. The summed E-state index contributed by atoms with van der Waals surface area (Å²) in [6.07, 6.45) is 0.191. The van der Waals surface area contributed by atoms with Crippen molar-refractivity contribution in [2.45, 2.75) is 12.8 Å². The molecule has 0 aliphatic heterocycles. The van der Waals surface area contributed by atoms with E-state index in [-0.39, 0.29) is 38.4 Å². The molecule has 0 fully saturated rings. The third-order valence-electron chi connectivity index (χ3n) is 2.28. The molecule has 1 rings (SSSR count). The van der Waals surface area contributed by atoms with Gasteiger partial charge in [0.25, 0.3) is 11.8 Å². The molecule has 21 heavy (non-hydrogen) atoms. The van der Waals surface area contributed by atoms with Crippen LogP contribution in [0.3, 0.4) is 0 Å². The third kappa shape index (κ3) is 7.08. The van der Waals surface area contributed by atoms with Gasteiger partial charge in [0.1, 0.15) is 0 Å². The Bertz CT molecular complexity index is 522. The van der Waals surface area contributed by atoms with Crippen LogP contribution in [0.25, 0.3) is 0 Å². The number of hydrogen-bond donors (Lipinski definition) is 2. The maximum atomic E-state index is 11.6. The first-order chi connectivity index (χ1) is 10.1. The first-order valence-electron chi connectivity index (χ1n) is 6.24. The molecule has 1 aromatic heterocycles. The van der Waals surface area contributed by atoms with Crippen molar-refractivity contribution >= 4 is 29.1 Å². The minimum Gasteiger partial charge on any atom is -0.456 e. The van der Waals surface area contributed by atoms with Crippen molar-refractivity contribution in [3.8, 4) is 6.07 Å². The largest absolute Gasteiger partial charge is 0.456 e. The Hall–Kier alpha value is -2.40. The Kier molecular flexibility index (Phi) is 7.53. The maximum Gasteiger partial charge on any atom is 0.308 e. The highest BCUT2D eigenvalue weighted by Crippen LogP contribution is 2.07. The van der Waals surface area contributed by atoms with Crippen LogP contribution in [0.1, 0.15) is 22.5 Å². The lowest BCUT2D eigenvalue weighted by Crippen LogP contribution is -2.30. The zero-order valence-corrected chi connectivity index (χ0v) is 12.1. The van der Waals surface area contributed by atoms with E-state index in [0.29, 0.717) is 4.88 Å². The van der Waals surface area contributed by atoms with Gasteiger partial charge in [-0.1, -0.05) is 6.07 Å². The summed E-state index contributed by atoms with van der Waals surface area (Å²) >= 11 is 1.31. The van der Waals surface area contributed by atoms with Crippen LogP contribution < -0.4 is 10.6 Å². The molecule has 8 heteroatoms. The number of amides is 2. The first kappa shape index (κ1) is 16.7. The summed E-state index contributed by atoms with van der Waals surface area (Å²) in [6.45, 7) is -0.0154. The highest BCUT2D eigenvalue weighted by Gasteiger charge is 2.09. The molecule has 112 valence electrons. The summed E-state index contributed by atoms with van der Waals surface area (Å²) < 4.78 is 4.72. The molecule has 0 saturated carbocycles. The third-order valence-corrected chi connectivity index (χ3v) is 3.15. The molecular weight excluding hydrogens is 294 g/mol. The summed E-state index contributed by atoms with van der Waals surface area (Å²) in [5.74, 6) is -1.27. The summed E-state index contributed by atoms with van der Waals surface area (Å²) in [4.78, 5) is 34.7. The molecule has 7 nitrogen and oxygen atoms in total. The smallest absolute Gasteiger partial charge is 0.308 e. The monoisotopic (exact) mass is 309 g/mol. The highest BCUT2D eigenvalue weighted by atomic mass is 32.1. The summed E-state index contributed by atoms with van der Waals surface area (Å²) in [7, 11) is 0. The zero-order chi connectivity index (χ0) is 15.5. The topological polar surface area (TPSA) is 108 Å². The van der Waals surface area contributed by atoms with Gasteiger partial charge in [0.05, 0.1) is 23.8 Å². The number of rotatable bonds is 8. The standard InChI is InChI=1S/C13H15N3O4S/c14-5-2-6-15-11(17)9-20-12(18)4-7-16-13(19)10-3-1-8-21-10/h1,3,8H,2,4,6-7,9H2,(H,15,17)(H,16,19). The van der Waals surface area contributed by atoms with E-state index in [2.05, 4.69) is 10.6 Å². The number of nitriles is 1. The van der Waals surface area contributed by atoms with Gasteiger partial charge in [-0.25, -0.2) is 0 Å². The Balaban J connectivity index is 2.10. The molecule has 0 radical (unpaired) electrons. The van der Waals surface area contributed by atoms with Gasteiger partial charge < -0.3 is 15.4 Å². The van der Waals surface area contributed by atoms with Crippen LogP contribution >= 0.6 is 11.3 Å². The van der Waals surface area contributed by atoms with Crippen molar-refractivity contribution in [2.75, 3.05) is 19.7 Å². The lowest BCUT2D eigenvalue weighted by Gasteiger charge is -2.06. The van der Waals surface area contributed by atoms with Crippen LogP contribution in [-0.4, -0.2) is 37.5 Å². The van der Waals surface area contributed by atoms with E-state index in [4.69, 9.17) is 10.00 Å². The second kappa shape index (κ2) is 9.50. The quantitative estimate of drug-likeness (QED) is 0.535. The van der Waals surface area contributed by atoms with Gasteiger partial charge in [0.2, 0.25) is 0 Å². The van der Waals surface area contributed by atoms with Gasteiger partial charge >= 0.3 is 5.97 Å². The fraction of sp³-hybridized carbons (Fsp3) is 0.385. The fourth-order valence-corrected chi connectivity index (χ4v) is 1.94. The second-order valence-corrected chi connectivity index (χ2v) is 4.85. The van der Waals surface area contributed by atoms with Gasteiger partial charge in [-0.05, 0) is 11.4 Å². The second-order valence-electron chi connectivity index (χ2n) is 3.90. The maximum absolute atomic E-state index is 11.6. The van der Waals surface area contributed by atoms with E-state index in [1.54, 1.807) is 17.5 Å². The molecule has 2 amide bonds. The Labute approximate surface area is 125 Å². The number of carbonyl (C=O) groups excluding carboxylic acids is 3. The van der Waals surface area contributed by atoms with Crippen molar-refractivity contribution in [2.24, 2.45) is 0 Å². The fourth-order valence-electron chi connectivity index (χ4n) is 1.30. The van der Waals surface area contributed by atoms with E-state index >= 15 is 0 Å². The van der Waals surface area contributed by atoms with Crippen LogP contribution in [-0.2, 0) is 14.3 Å². The molecule has 1 heterocycles. The minimum atomic E-state index is -0.572. The summed E-state index contributed by atoms with van der Waals surface area (Å²) in [6, 6.07) is 5.32. The molecule has 0 saturated heterocycles. The Morgan fingerprint density at radius 2 is 2.10 bits per heavy atom. The van der Waals surface area contributed by atoms with Crippen LogP contribution in [0.2, 0.25) is 0 Å². The normalized spacial score (nSPS) is 9.48. The molecule has 0 aliphatic carbocycles. The van der Waals surface area contributed by atoms with Crippen LogP contribution in [0.15, 0.2) is 17.5 Å². The lowest BCUT2D eigenvalue weighted by atomic mass is 10.4. The van der Waals surface area contributed by atoms with Crippen molar-refractivity contribution < 1.29 is 19.1 Å². The van der Waals surface area contributed by atoms with Gasteiger partial charge in [-0.15, -0.1) is 11.3 Å². The predicted octanol–water partition coefficient (Wildman–Crippen LogP) is 0.441. The zero-order valence-electron chi connectivity index (χ0n) is 11.3. The van der Waals surface area contributed by atoms with Gasteiger partial charge in [0.15, 0.2) is 6.61 Å². The number of nitrogens with zero attached hydrogens (tertiary/aromatic N) is 1. The van der Waals surface area contributed by atoms with Crippen LogP contribution in [0, 0.1) is 11.3 Å². The van der Waals surface area contributed by atoms with Crippen molar-refractivity contribution in [1.82, 2.24) is 10.6 Å². The van der Waals surface area contributed by atoms with Gasteiger partial charge in [0, 0.05) is 13.1 Å². The SMILES string of the molecule is N#CCCNC(=O)COC(=O)CCNC(=O)c1cccs1. The van der Waals surface area contributed by atoms with E-state index in [0.717, 1.165) is 0 Å². The number of ether oxygens (including phenoxy) is 1. The van der Waals surface area contributed by atoms with Crippen molar-refractivity contribution in [1.29, 1.82) is 5.26 Å². The Morgan fingerprint density at radius 3 is 2.76 bits per heavy atom. The summed E-state index contributed by atoms with van der Waals surface area (Å²) in [5, 5.41) is 15.1. The molecular formula is C13H15N3O4S. The molecule has 0 aromatic carbocycles. The van der Waals surface area contributed by atoms with Gasteiger partial charge in [-0.2, -0.15) is 5.26 Å². The Morgan fingerprint density at radius 1 is 1.29 bits per heavy atom. The van der Waals surface area contributed by atoms with Crippen molar-refractivity contribution in [3.63, 3.8) is 0 Å².